The third-order valence-corrected chi connectivity index (χ3v) is 3.15. The minimum atomic E-state index is -1.03. The fourth-order valence-corrected chi connectivity index (χ4v) is 2.00. The van der Waals surface area contributed by atoms with Crippen LogP contribution in [0.25, 0.3) is 0 Å². The van der Waals surface area contributed by atoms with E-state index >= 15 is 0 Å². The summed E-state index contributed by atoms with van der Waals surface area (Å²) in [4.78, 5) is 11.0. The lowest BCUT2D eigenvalue weighted by Crippen LogP contribution is -2.08. The molecule has 6 heteroatoms. The molecule has 0 aliphatic carbocycles. The highest BCUT2D eigenvalue weighted by molar-refractivity contribution is 9.10. The summed E-state index contributed by atoms with van der Waals surface area (Å²) >= 11 is 3.37. The zero-order valence-electron chi connectivity index (χ0n) is 9.80. The fourth-order valence-electron chi connectivity index (χ4n) is 1.74. The molecule has 0 atom stereocenters. The van der Waals surface area contributed by atoms with E-state index in [0.717, 1.165) is 10.0 Å². The number of carboxylic acids is 1. The second kappa shape index (κ2) is 5.30. The van der Waals surface area contributed by atoms with Crippen LogP contribution in [0.4, 0.5) is 0 Å². The molecule has 2 aromatic rings. The lowest BCUT2D eigenvalue weighted by atomic mass is 10.2. The van der Waals surface area contributed by atoms with Crippen LogP contribution in [0.2, 0.25) is 0 Å². The first kappa shape index (κ1) is 12.8. The average Bonchev–Trinajstić information content (AvgIpc) is 2.75. The van der Waals surface area contributed by atoms with Gasteiger partial charge in [0, 0.05) is 4.47 Å². The topological polar surface area (TPSA) is 68.0 Å². The van der Waals surface area contributed by atoms with Gasteiger partial charge in [0.1, 0.15) is 0 Å². The quantitative estimate of drug-likeness (QED) is 0.941. The highest BCUT2D eigenvalue weighted by Gasteiger charge is 2.17. The molecule has 1 aromatic heterocycles. The summed E-state index contributed by atoms with van der Waals surface area (Å²) in [5.74, 6) is -1.03. The second-order valence-electron chi connectivity index (χ2n) is 3.83. The van der Waals surface area contributed by atoms with Crippen molar-refractivity contribution in [1.82, 2.24) is 15.0 Å². The van der Waals surface area contributed by atoms with Gasteiger partial charge in [-0.2, -0.15) is 0 Å². The molecular weight excluding hydrogens is 298 g/mol. The Kier molecular flexibility index (Phi) is 3.76. The van der Waals surface area contributed by atoms with Crippen LogP contribution in [0, 0.1) is 0 Å². The molecule has 0 saturated heterocycles. The van der Waals surface area contributed by atoms with Crippen molar-refractivity contribution >= 4 is 21.9 Å². The Labute approximate surface area is 113 Å². The summed E-state index contributed by atoms with van der Waals surface area (Å²) in [5.41, 5.74) is 1.73. The van der Waals surface area contributed by atoms with Gasteiger partial charge in [0.05, 0.1) is 12.2 Å². The van der Waals surface area contributed by atoms with E-state index < -0.39 is 5.97 Å². The van der Waals surface area contributed by atoms with Crippen molar-refractivity contribution in [2.24, 2.45) is 0 Å². The number of rotatable bonds is 4. The van der Waals surface area contributed by atoms with Crippen LogP contribution >= 0.6 is 15.9 Å². The van der Waals surface area contributed by atoms with Crippen LogP contribution in [-0.2, 0) is 13.0 Å². The molecule has 1 N–H and O–H groups in total. The number of benzene rings is 1. The van der Waals surface area contributed by atoms with E-state index in [1.165, 1.54) is 0 Å². The SMILES string of the molecule is CCc1c(C(=O)O)nnn1Cc1ccc(Br)cc1. The maximum atomic E-state index is 11.0. The molecule has 1 heterocycles. The van der Waals surface area contributed by atoms with Gasteiger partial charge in [-0.25, -0.2) is 9.48 Å². The molecule has 2 rings (SSSR count). The van der Waals surface area contributed by atoms with Gasteiger partial charge in [-0.1, -0.05) is 40.2 Å². The second-order valence-corrected chi connectivity index (χ2v) is 4.74. The highest BCUT2D eigenvalue weighted by Crippen LogP contribution is 2.13. The van der Waals surface area contributed by atoms with Crippen molar-refractivity contribution in [1.29, 1.82) is 0 Å². The number of hydrogen-bond acceptors (Lipinski definition) is 3. The van der Waals surface area contributed by atoms with Crippen LogP contribution in [0.1, 0.15) is 28.7 Å². The number of nitrogens with zero attached hydrogens (tertiary/aromatic N) is 3. The van der Waals surface area contributed by atoms with Crippen molar-refractivity contribution in [2.75, 3.05) is 0 Å². The van der Waals surface area contributed by atoms with Crippen molar-refractivity contribution in [3.63, 3.8) is 0 Å². The van der Waals surface area contributed by atoms with Crippen LogP contribution in [0.15, 0.2) is 28.7 Å². The van der Waals surface area contributed by atoms with Gasteiger partial charge in [-0.15, -0.1) is 5.10 Å². The molecule has 5 nitrogen and oxygen atoms in total. The van der Waals surface area contributed by atoms with E-state index in [2.05, 4.69) is 26.2 Å². The maximum Gasteiger partial charge on any atom is 0.358 e. The Hall–Kier alpha value is -1.69. The predicted octanol–water partition coefficient (Wildman–Crippen LogP) is 2.35. The normalized spacial score (nSPS) is 10.6. The summed E-state index contributed by atoms with van der Waals surface area (Å²) in [6, 6.07) is 7.81. The first-order valence-corrected chi connectivity index (χ1v) is 6.31. The average molecular weight is 310 g/mol. The summed E-state index contributed by atoms with van der Waals surface area (Å²) in [6.07, 6.45) is 0.588. The highest BCUT2D eigenvalue weighted by atomic mass is 79.9. The van der Waals surface area contributed by atoms with Gasteiger partial charge in [-0.05, 0) is 24.1 Å². The Morgan fingerprint density at radius 3 is 2.61 bits per heavy atom. The number of hydrogen-bond donors (Lipinski definition) is 1. The van der Waals surface area contributed by atoms with E-state index in [4.69, 9.17) is 5.11 Å². The van der Waals surface area contributed by atoms with Crippen LogP contribution in [-0.4, -0.2) is 26.1 Å². The molecule has 18 heavy (non-hydrogen) atoms. The zero-order valence-corrected chi connectivity index (χ0v) is 11.4. The molecule has 94 valence electrons. The van der Waals surface area contributed by atoms with Crippen molar-refractivity contribution < 1.29 is 9.90 Å². The van der Waals surface area contributed by atoms with Gasteiger partial charge >= 0.3 is 5.97 Å². The third kappa shape index (κ3) is 2.59. The van der Waals surface area contributed by atoms with Crippen molar-refractivity contribution in [3.05, 3.63) is 45.7 Å². The molecule has 1 aromatic carbocycles. The molecule has 0 radical (unpaired) electrons. The minimum Gasteiger partial charge on any atom is -0.476 e. The summed E-state index contributed by atoms with van der Waals surface area (Å²) in [5, 5.41) is 16.6. The lowest BCUT2D eigenvalue weighted by Gasteiger charge is -2.05. The molecule has 0 spiro atoms. The van der Waals surface area contributed by atoms with E-state index in [9.17, 15) is 4.79 Å². The number of aromatic carboxylic acids is 1. The van der Waals surface area contributed by atoms with E-state index in [1.807, 2.05) is 31.2 Å². The zero-order chi connectivity index (χ0) is 13.1. The fraction of sp³-hybridized carbons (Fsp3) is 0.250. The summed E-state index contributed by atoms with van der Waals surface area (Å²) in [6.45, 7) is 2.42. The van der Waals surface area contributed by atoms with Gasteiger partial charge in [0.15, 0.2) is 5.69 Å². The maximum absolute atomic E-state index is 11.0. The molecule has 0 aliphatic rings. The van der Waals surface area contributed by atoms with E-state index in [1.54, 1.807) is 4.68 Å². The molecule has 0 bridgehead atoms. The van der Waals surface area contributed by atoms with Crippen LogP contribution < -0.4 is 0 Å². The molecule has 0 amide bonds. The molecule has 0 unspecified atom stereocenters. The van der Waals surface area contributed by atoms with Crippen LogP contribution in [0.5, 0.6) is 0 Å². The van der Waals surface area contributed by atoms with Gasteiger partial charge in [0.2, 0.25) is 0 Å². The first-order chi connectivity index (χ1) is 8.61. The standard InChI is InChI=1S/C12H12BrN3O2/c1-2-10-11(12(17)18)14-15-16(10)7-8-3-5-9(13)6-4-8/h3-6H,2,7H2,1H3,(H,17,18). The Morgan fingerprint density at radius 2 is 2.06 bits per heavy atom. The van der Waals surface area contributed by atoms with E-state index in [0.29, 0.717) is 18.7 Å². The predicted molar refractivity (Wildman–Crippen MR) is 69.6 cm³/mol. The molecule has 0 fully saturated rings. The van der Waals surface area contributed by atoms with Gasteiger partial charge in [0.25, 0.3) is 0 Å². The summed E-state index contributed by atoms with van der Waals surface area (Å²) < 4.78 is 2.64. The number of aromatic nitrogens is 3. The molecular formula is C12H12BrN3O2. The number of halogens is 1. The number of carbonyl (C=O) groups is 1. The lowest BCUT2D eigenvalue weighted by molar-refractivity contribution is 0.0689. The minimum absolute atomic E-state index is 0.0367. The van der Waals surface area contributed by atoms with E-state index in [-0.39, 0.29) is 5.69 Å². The van der Waals surface area contributed by atoms with Gasteiger partial charge < -0.3 is 5.11 Å². The molecule has 0 aliphatic heterocycles. The summed E-state index contributed by atoms with van der Waals surface area (Å²) in [7, 11) is 0. The largest absolute Gasteiger partial charge is 0.476 e. The number of carboxylic acid groups (broad SMARTS) is 1. The Morgan fingerprint density at radius 1 is 1.39 bits per heavy atom. The first-order valence-electron chi connectivity index (χ1n) is 5.52. The smallest absolute Gasteiger partial charge is 0.358 e. The third-order valence-electron chi connectivity index (χ3n) is 2.62. The van der Waals surface area contributed by atoms with Crippen molar-refractivity contribution in [3.8, 4) is 0 Å². The van der Waals surface area contributed by atoms with Gasteiger partial charge in [-0.3, -0.25) is 0 Å². The Bertz CT molecular complexity index is 563. The monoisotopic (exact) mass is 309 g/mol. The van der Waals surface area contributed by atoms with Crippen molar-refractivity contribution in [2.45, 2.75) is 19.9 Å². The molecule has 0 saturated carbocycles. The van der Waals surface area contributed by atoms with Crippen LogP contribution in [0.3, 0.4) is 0 Å². The Balaban J connectivity index is 2.29.